The number of rotatable bonds is 5. The van der Waals surface area contributed by atoms with Gasteiger partial charge in [0.1, 0.15) is 0 Å². The lowest BCUT2D eigenvalue weighted by Crippen LogP contribution is -2.33. The van der Waals surface area contributed by atoms with Crippen LogP contribution in [-0.4, -0.2) is 39.6 Å². The number of aromatic nitrogens is 4. The first-order valence-corrected chi connectivity index (χ1v) is 3.96. The average molecular weight is 194 g/mol. The number of H-pyrrole nitrogens is 1. The smallest absolute Gasteiger partial charge is 0.234 e. The number of terminal acetylenes is 1. The predicted octanol–water partition coefficient (Wildman–Crippen LogP) is -1.96. The summed E-state index contributed by atoms with van der Waals surface area (Å²) in [5.41, 5.74) is 0. The molecule has 1 heterocycles. The van der Waals surface area contributed by atoms with Crippen molar-refractivity contribution >= 4 is 5.91 Å². The Morgan fingerprint density at radius 1 is 1.64 bits per heavy atom. The molecular weight excluding hydrogens is 184 g/mol. The summed E-state index contributed by atoms with van der Waals surface area (Å²) < 4.78 is 0. The van der Waals surface area contributed by atoms with E-state index < -0.39 is 0 Å². The van der Waals surface area contributed by atoms with Crippen molar-refractivity contribution in [3.8, 4) is 12.3 Å². The first-order chi connectivity index (χ1) is 6.83. The molecule has 1 aromatic rings. The fourth-order valence-electron chi connectivity index (χ4n) is 0.746. The maximum atomic E-state index is 11.1. The summed E-state index contributed by atoms with van der Waals surface area (Å²) in [6.07, 6.45) is 4.99. The largest absolute Gasteiger partial charge is 0.348 e. The number of amides is 1. The molecule has 1 amide bonds. The van der Waals surface area contributed by atoms with E-state index in [0.717, 1.165) is 0 Å². The molecule has 0 radical (unpaired) electrons. The molecule has 3 N–H and O–H groups in total. The van der Waals surface area contributed by atoms with Gasteiger partial charge in [-0.1, -0.05) is 11.1 Å². The number of hydrogen-bond acceptors (Lipinski definition) is 5. The monoisotopic (exact) mass is 194 g/mol. The van der Waals surface area contributed by atoms with Gasteiger partial charge in [0.15, 0.2) is 5.82 Å². The SMILES string of the molecule is C#CCNCC(=O)NCc1nn[nH]n1. The molecule has 14 heavy (non-hydrogen) atoms. The Bertz CT molecular complexity index is 313. The average Bonchev–Trinajstić information content (AvgIpc) is 2.68. The van der Waals surface area contributed by atoms with E-state index in [4.69, 9.17) is 6.42 Å². The van der Waals surface area contributed by atoms with Crippen LogP contribution >= 0.6 is 0 Å². The van der Waals surface area contributed by atoms with Crippen LogP contribution in [0.1, 0.15) is 5.82 Å². The molecular formula is C7H10N6O. The van der Waals surface area contributed by atoms with Crippen LogP contribution in [0.3, 0.4) is 0 Å². The summed E-state index contributed by atoms with van der Waals surface area (Å²) in [7, 11) is 0. The highest BCUT2D eigenvalue weighted by Crippen LogP contribution is 1.80. The van der Waals surface area contributed by atoms with E-state index in [1.54, 1.807) is 0 Å². The Balaban J connectivity index is 2.13. The third-order valence-electron chi connectivity index (χ3n) is 1.35. The molecule has 74 valence electrons. The first kappa shape index (κ1) is 10.1. The number of nitrogens with zero attached hydrogens (tertiary/aromatic N) is 3. The second-order valence-corrected chi connectivity index (χ2v) is 2.41. The van der Waals surface area contributed by atoms with Gasteiger partial charge in [0, 0.05) is 0 Å². The Hall–Kier alpha value is -1.94. The highest BCUT2D eigenvalue weighted by atomic mass is 16.1. The minimum atomic E-state index is -0.162. The topological polar surface area (TPSA) is 95.6 Å². The number of hydrogen-bond donors (Lipinski definition) is 3. The highest BCUT2D eigenvalue weighted by Gasteiger charge is 2.01. The maximum Gasteiger partial charge on any atom is 0.234 e. The van der Waals surface area contributed by atoms with Gasteiger partial charge in [0.05, 0.1) is 19.6 Å². The zero-order chi connectivity index (χ0) is 10.2. The molecule has 1 rings (SSSR count). The Labute approximate surface area is 80.7 Å². The zero-order valence-electron chi connectivity index (χ0n) is 7.45. The molecule has 0 saturated carbocycles. The highest BCUT2D eigenvalue weighted by molar-refractivity contribution is 5.77. The molecule has 0 aliphatic heterocycles. The molecule has 7 heteroatoms. The fourth-order valence-corrected chi connectivity index (χ4v) is 0.746. The van der Waals surface area contributed by atoms with Gasteiger partial charge in [-0.25, -0.2) is 0 Å². The van der Waals surface area contributed by atoms with Gasteiger partial charge in [-0.2, -0.15) is 5.21 Å². The molecule has 0 atom stereocenters. The van der Waals surface area contributed by atoms with Crippen molar-refractivity contribution in [1.29, 1.82) is 0 Å². The van der Waals surface area contributed by atoms with Crippen LogP contribution in [0, 0.1) is 12.3 Å². The molecule has 7 nitrogen and oxygen atoms in total. The molecule has 0 bridgehead atoms. The fraction of sp³-hybridized carbons (Fsp3) is 0.429. The third kappa shape index (κ3) is 3.64. The van der Waals surface area contributed by atoms with Crippen molar-refractivity contribution in [3.63, 3.8) is 0 Å². The van der Waals surface area contributed by atoms with Gasteiger partial charge in [-0.05, 0) is 0 Å². The van der Waals surface area contributed by atoms with Crippen molar-refractivity contribution in [2.75, 3.05) is 13.1 Å². The van der Waals surface area contributed by atoms with Crippen LogP contribution < -0.4 is 10.6 Å². The van der Waals surface area contributed by atoms with Crippen LogP contribution in [0.15, 0.2) is 0 Å². The van der Waals surface area contributed by atoms with Crippen molar-refractivity contribution < 1.29 is 4.79 Å². The second-order valence-electron chi connectivity index (χ2n) is 2.41. The standard InChI is InChI=1S/C7H10N6O/c1-2-3-8-5-7(14)9-4-6-10-12-13-11-6/h1,8H,3-5H2,(H,9,14)(H,10,11,12,13). The Morgan fingerprint density at radius 3 is 3.14 bits per heavy atom. The number of carbonyl (C=O) groups excluding carboxylic acids is 1. The molecule has 0 saturated heterocycles. The van der Waals surface area contributed by atoms with Crippen LogP contribution in [0.25, 0.3) is 0 Å². The van der Waals surface area contributed by atoms with Gasteiger partial charge >= 0.3 is 0 Å². The first-order valence-electron chi connectivity index (χ1n) is 3.96. The van der Waals surface area contributed by atoms with E-state index in [9.17, 15) is 4.79 Å². The Kier molecular flexibility index (Phi) is 4.10. The quantitative estimate of drug-likeness (QED) is 0.373. The number of aromatic amines is 1. The lowest BCUT2D eigenvalue weighted by Gasteiger charge is -2.01. The van der Waals surface area contributed by atoms with E-state index in [1.165, 1.54) is 0 Å². The molecule has 0 fully saturated rings. The minimum absolute atomic E-state index is 0.162. The van der Waals surface area contributed by atoms with Gasteiger partial charge in [0.2, 0.25) is 5.91 Å². The lowest BCUT2D eigenvalue weighted by atomic mass is 10.5. The summed E-state index contributed by atoms with van der Waals surface area (Å²) in [5, 5.41) is 18.3. The molecule has 0 spiro atoms. The summed E-state index contributed by atoms with van der Waals surface area (Å²) in [6, 6.07) is 0. The van der Waals surface area contributed by atoms with Crippen molar-refractivity contribution in [3.05, 3.63) is 5.82 Å². The molecule has 0 aliphatic carbocycles. The van der Waals surface area contributed by atoms with E-state index in [-0.39, 0.29) is 19.0 Å². The van der Waals surface area contributed by atoms with E-state index in [2.05, 4.69) is 37.2 Å². The summed E-state index contributed by atoms with van der Waals surface area (Å²) in [5.74, 6) is 2.64. The van der Waals surface area contributed by atoms with E-state index >= 15 is 0 Å². The minimum Gasteiger partial charge on any atom is -0.348 e. The zero-order valence-corrected chi connectivity index (χ0v) is 7.45. The van der Waals surface area contributed by atoms with Crippen molar-refractivity contribution in [1.82, 2.24) is 31.3 Å². The van der Waals surface area contributed by atoms with Crippen molar-refractivity contribution in [2.45, 2.75) is 6.54 Å². The van der Waals surface area contributed by atoms with E-state index in [0.29, 0.717) is 12.4 Å². The molecule has 1 aromatic heterocycles. The molecule has 0 unspecified atom stereocenters. The van der Waals surface area contributed by atoms with Crippen LogP contribution in [0.2, 0.25) is 0 Å². The van der Waals surface area contributed by atoms with Gasteiger partial charge in [-0.3, -0.25) is 10.1 Å². The number of tetrazole rings is 1. The Morgan fingerprint density at radius 2 is 2.50 bits per heavy atom. The third-order valence-corrected chi connectivity index (χ3v) is 1.35. The van der Waals surface area contributed by atoms with Crippen LogP contribution in [-0.2, 0) is 11.3 Å². The summed E-state index contributed by atoms with van der Waals surface area (Å²) >= 11 is 0. The van der Waals surface area contributed by atoms with Crippen LogP contribution in [0.4, 0.5) is 0 Å². The predicted molar refractivity (Wildman–Crippen MR) is 47.7 cm³/mol. The lowest BCUT2D eigenvalue weighted by molar-refractivity contribution is -0.120. The summed E-state index contributed by atoms with van der Waals surface area (Å²) in [6.45, 7) is 0.810. The number of nitrogens with one attached hydrogen (secondary N) is 3. The molecule has 0 aromatic carbocycles. The summed E-state index contributed by atoms with van der Waals surface area (Å²) in [4.78, 5) is 11.1. The van der Waals surface area contributed by atoms with Crippen molar-refractivity contribution in [2.24, 2.45) is 0 Å². The molecule has 0 aliphatic rings. The van der Waals surface area contributed by atoms with Gasteiger partial charge in [0.25, 0.3) is 0 Å². The maximum absolute atomic E-state index is 11.1. The van der Waals surface area contributed by atoms with Gasteiger partial charge < -0.3 is 5.32 Å². The van der Waals surface area contributed by atoms with Gasteiger partial charge in [-0.15, -0.1) is 16.6 Å². The number of carbonyl (C=O) groups is 1. The second kappa shape index (κ2) is 5.66. The van der Waals surface area contributed by atoms with Crippen LogP contribution in [0.5, 0.6) is 0 Å². The van der Waals surface area contributed by atoms with E-state index in [1.807, 2.05) is 0 Å². The normalized spacial score (nSPS) is 9.36.